The van der Waals surface area contributed by atoms with E-state index in [1.165, 1.54) is 5.56 Å². The molecule has 3 rings (SSSR count). The van der Waals surface area contributed by atoms with Crippen LogP contribution in [0.3, 0.4) is 0 Å². The first-order chi connectivity index (χ1) is 11.7. The van der Waals surface area contributed by atoms with E-state index in [0.29, 0.717) is 16.7 Å². The quantitative estimate of drug-likeness (QED) is 0.489. The van der Waals surface area contributed by atoms with Crippen LogP contribution in [0.5, 0.6) is 0 Å². The van der Waals surface area contributed by atoms with E-state index in [-0.39, 0.29) is 6.61 Å². The Morgan fingerprint density at radius 1 is 1.21 bits per heavy atom. The van der Waals surface area contributed by atoms with E-state index in [4.69, 9.17) is 21.0 Å². The standard InChI is InChI=1S/C18H16ClN3O2/c1-2-13-6-8-14(9-7-13)11-20-23-12-17-21-18(22-24-17)15-4-3-5-16(19)10-15/h3-11H,2,12H2,1H3/b20-11-. The number of aromatic nitrogens is 2. The van der Waals surface area contributed by atoms with Gasteiger partial charge in [0.1, 0.15) is 0 Å². The van der Waals surface area contributed by atoms with Crippen molar-refractivity contribution in [2.75, 3.05) is 0 Å². The zero-order valence-corrected chi connectivity index (χ0v) is 13.9. The first kappa shape index (κ1) is 16.2. The average molecular weight is 342 g/mol. The highest BCUT2D eigenvalue weighted by Crippen LogP contribution is 2.20. The van der Waals surface area contributed by atoms with Crippen molar-refractivity contribution in [2.45, 2.75) is 20.0 Å². The Labute approximate surface area is 144 Å². The molecule has 0 unspecified atom stereocenters. The van der Waals surface area contributed by atoms with Crippen LogP contribution in [0.15, 0.2) is 58.2 Å². The highest BCUT2D eigenvalue weighted by atomic mass is 35.5. The van der Waals surface area contributed by atoms with E-state index in [1.807, 2.05) is 24.3 Å². The monoisotopic (exact) mass is 341 g/mol. The highest BCUT2D eigenvalue weighted by molar-refractivity contribution is 6.30. The summed E-state index contributed by atoms with van der Waals surface area (Å²) in [6.07, 6.45) is 2.66. The van der Waals surface area contributed by atoms with Gasteiger partial charge in [-0.3, -0.25) is 0 Å². The van der Waals surface area contributed by atoms with E-state index >= 15 is 0 Å². The molecule has 0 aliphatic carbocycles. The third-order valence-electron chi connectivity index (χ3n) is 3.40. The number of nitrogens with zero attached hydrogens (tertiary/aromatic N) is 3. The lowest BCUT2D eigenvalue weighted by Crippen LogP contribution is -1.89. The van der Waals surface area contributed by atoms with Crippen LogP contribution in [0, 0.1) is 0 Å². The number of oxime groups is 1. The molecule has 3 aromatic rings. The Morgan fingerprint density at radius 3 is 2.79 bits per heavy atom. The summed E-state index contributed by atoms with van der Waals surface area (Å²) >= 11 is 5.95. The molecule has 0 saturated heterocycles. The summed E-state index contributed by atoms with van der Waals surface area (Å²) < 4.78 is 5.14. The molecule has 122 valence electrons. The second-order valence-electron chi connectivity index (χ2n) is 5.13. The fraction of sp³-hybridized carbons (Fsp3) is 0.167. The summed E-state index contributed by atoms with van der Waals surface area (Å²) in [5.74, 6) is 0.818. The van der Waals surface area contributed by atoms with E-state index in [0.717, 1.165) is 17.5 Å². The van der Waals surface area contributed by atoms with Gasteiger partial charge in [-0.2, -0.15) is 4.98 Å². The molecule has 24 heavy (non-hydrogen) atoms. The second-order valence-corrected chi connectivity index (χ2v) is 5.56. The molecule has 0 radical (unpaired) electrons. The van der Waals surface area contributed by atoms with E-state index in [2.05, 4.69) is 34.4 Å². The Kier molecular flexibility index (Phi) is 5.23. The first-order valence-corrected chi connectivity index (χ1v) is 7.95. The van der Waals surface area contributed by atoms with Crippen molar-refractivity contribution in [3.63, 3.8) is 0 Å². The number of hydrogen-bond donors (Lipinski definition) is 0. The summed E-state index contributed by atoms with van der Waals surface area (Å²) in [6, 6.07) is 15.4. The molecule has 1 heterocycles. The van der Waals surface area contributed by atoms with Gasteiger partial charge in [0, 0.05) is 10.6 Å². The summed E-state index contributed by atoms with van der Waals surface area (Å²) in [4.78, 5) is 9.45. The summed E-state index contributed by atoms with van der Waals surface area (Å²) in [6.45, 7) is 2.23. The van der Waals surface area contributed by atoms with Crippen LogP contribution in [-0.2, 0) is 17.9 Å². The smallest absolute Gasteiger partial charge is 0.267 e. The molecule has 0 aliphatic rings. The third-order valence-corrected chi connectivity index (χ3v) is 3.64. The maximum absolute atomic E-state index is 5.95. The van der Waals surface area contributed by atoms with Gasteiger partial charge in [-0.25, -0.2) is 0 Å². The summed E-state index contributed by atoms with van der Waals surface area (Å²) in [7, 11) is 0. The second kappa shape index (κ2) is 7.75. The number of aryl methyl sites for hydroxylation is 1. The molecule has 5 nitrogen and oxygen atoms in total. The summed E-state index contributed by atoms with van der Waals surface area (Å²) in [5, 5.41) is 8.44. The van der Waals surface area contributed by atoms with Gasteiger partial charge in [0.2, 0.25) is 5.82 Å². The Balaban J connectivity index is 1.56. The number of benzene rings is 2. The highest BCUT2D eigenvalue weighted by Gasteiger charge is 2.09. The molecule has 0 amide bonds. The molecule has 0 bridgehead atoms. The minimum Gasteiger partial charge on any atom is -0.386 e. The van der Waals surface area contributed by atoms with Crippen LogP contribution in [0.1, 0.15) is 23.9 Å². The minimum atomic E-state index is 0.108. The predicted octanol–water partition coefficient (Wildman–Crippen LogP) is 4.50. The van der Waals surface area contributed by atoms with Crippen LogP contribution in [-0.4, -0.2) is 16.4 Å². The normalized spacial score (nSPS) is 11.1. The van der Waals surface area contributed by atoms with Crippen LogP contribution in [0.25, 0.3) is 11.4 Å². The van der Waals surface area contributed by atoms with E-state index in [1.54, 1.807) is 18.3 Å². The predicted molar refractivity (Wildman–Crippen MR) is 92.9 cm³/mol. The number of halogens is 1. The fourth-order valence-electron chi connectivity index (χ4n) is 2.09. The maximum atomic E-state index is 5.95. The van der Waals surface area contributed by atoms with Crippen LogP contribution >= 0.6 is 11.6 Å². The van der Waals surface area contributed by atoms with Gasteiger partial charge in [0.15, 0.2) is 6.61 Å². The molecule has 0 spiro atoms. The Bertz CT molecular complexity index is 828. The first-order valence-electron chi connectivity index (χ1n) is 7.57. The minimum absolute atomic E-state index is 0.108. The van der Waals surface area contributed by atoms with Gasteiger partial charge < -0.3 is 9.36 Å². The maximum Gasteiger partial charge on any atom is 0.267 e. The molecule has 2 aromatic carbocycles. The van der Waals surface area contributed by atoms with E-state index in [9.17, 15) is 0 Å². The summed E-state index contributed by atoms with van der Waals surface area (Å²) in [5.41, 5.74) is 3.04. The van der Waals surface area contributed by atoms with Gasteiger partial charge in [0.05, 0.1) is 6.21 Å². The largest absolute Gasteiger partial charge is 0.386 e. The van der Waals surface area contributed by atoms with E-state index < -0.39 is 0 Å². The topological polar surface area (TPSA) is 60.5 Å². The van der Waals surface area contributed by atoms with Crippen molar-refractivity contribution < 1.29 is 9.36 Å². The molecular formula is C18H16ClN3O2. The molecule has 1 aromatic heterocycles. The molecular weight excluding hydrogens is 326 g/mol. The van der Waals surface area contributed by atoms with Crippen molar-refractivity contribution in [2.24, 2.45) is 5.16 Å². The number of hydrogen-bond acceptors (Lipinski definition) is 5. The van der Waals surface area contributed by atoms with Crippen molar-refractivity contribution in [1.82, 2.24) is 10.1 Å². The van der Waals surface area contributed by atoms with Gasteiger partial charge in [-0.1, -0.05) is 65.2 Å². The Morgan fingerprint density at radius 2 is 2.04 bits per heavy atom. The molecule has 6 heteroatoms. The fourth-order valence-corrected chi connectivity index (χ4v) is 2.28. The lowest BCUT2D eigenvalue weighted by atomic mass is 10.1. The molecule has 0 saturated carbocycles. The zero-order chi connectivity index (χ0) is 16.8. The lowest BCUT2D eigenvalue weighted by molar-refractivity contribution is 0.107. The molecule has 0 atom stereocenters. The van der Waals surface area contributed by atoms with Crippen molar-refractivity contribution in [3.8, 4) is 11.4 Å². The Hall–Kier alpha value is -2.66. The van der Waals surface area contributed by atoms with Gasteiger partial charge >= 0.3 is 0 Å². The average Bonchev–Trinajstić information content (AvgIpc) is 3.08. The van der Waals surface area contributed by atoms with Gasteiger partial charge in [-0.05, 0) is 29.7 Å². The van der Waals surface area contributed by atoms with Gasteiger partial charge in [0.25, 0.3) is 5.89 Å². The number of rotatable bonds is 6. The lowest BCUT2D eigenvalue weighted by Gasteiger charge is -1.97. The van der Waals surface area contributed by atoms with Gasteiger partial charge in [-0.15, -0.1) is 0 Å². The molecule has 0 N–H and O–H groups in total. The van der Waals surface area contributed by atoms with Crippen LogP contribution in [0.2, 0.25) is 5.02 Å². The molecule has 0 aliphatic heterocycles. The van der Waals surface area contributed by atoms with Crippen molar-refractivity contribution in [3.05, 3.63) is 70.6 Å². The zero-order valence-electron chi connectivity index (χ0n) is 13.1. The third kappa shape index (κ3) is 4.20. The van der Waals surface area contributed by atoms with Crippen molar-refractivity contribution in [1.29, 1.82) is 0 Å². The molecule has 0 fully saturated rings. The van der Waals surface area contributed by atoms with Crippen LogP contribution in [0.4, 0.5) is 0 Å². The van der Waals surface area contributed by atoms with Crippen molar-refractivity contribution >= 4 is 17.8 Å². The SMILES string of the molecule is CCc1ccc(/C=N\OCc2nc(-c3cccc(Cl)c3)no2)cc1. The van der Waals surface area contributed by atoms with Crippen LogP contribution < -0.4 is 0 Å².